The summed E-state index contributed by atoms with van der Waals surface area (Å²) >= 11 is 0. The first-order valence-corrected chi connectivity index (χ1v) is 19.9. The normalized spacial score (nSPS) is 13.0. The Hall–Kier alpha value is -7.04. The van der Waals surface area contributed by atoms with Crippen LogP contribution >= 0.6 is 0 Å². The molecule has 0 bridgehead atoms. The minimum Gasteiger partial charge on any atom is -0.310 e. The highest BCUT2D eigenvalue weighted by Crippen LogP contribution is 2.42. The Kier molecular flexibility index (Phi) is 9.99. The lowest BCUT2D eigenvalue weighted by atomic mass is 10.0. The molecule has 0 saturated carbocycles. The van der Waals surface area contributed by atoms with E-state index in [1.54, 1.807) is 0 Å². The van der Waals surface area contributed by atoms with Crippen molar-refractivity contribution < 1.29 is 0 Å². The second kappa shape index (κ2) is 16.0. The zero-order valence-electron chi connectivity index (χ0n) is 32.4. The van der Waals surface area contributed by atoms with Gasteiger partial charge in [-0.05, 0) is 92.4 Å². The number of anilines is 3. The summed E-state index contributed by atoms with van der Waals surface area (Å²) in [6.45, 7) is 4.27. The summed E-state index contributed by atoms with van der Waals surface area (Å²) < 4.78 is 2.40. The Balaban J connectivity index is 1.20. The van der Waals surface area contributed by atoms with Gasteiger partial charge in [-0.1, -0.05) is 146 Å². The molecule has 0 fully saturated rings. The maximum Gasteiger partial charge on any atom is 0.0973 e. The van der Waals surface area contributed by atoms with Crippen molar-refractivity contribution in [3.05, 3.63) is 205 Å². The number of aryl methyl sites for hydroxylation is 1. The molecule has 0 unspecified atom stereocenters. The van der Waals surface area contributed by atoms with Crippen molar-refractivity contribution in [2.24, 2.45) is 0 Å². The van der Waals surface area contributed by atoms with Gasteiger partial charge >= 0.3 is 0 Å². The number of rotatable bonds is 10. The monoisotopic (exact) mass is 736 g/mol. The molecule has 0 N–H and O–H groups in total. The summed E-state index contributed by atoms with van der Waals surface area (Å²) in [6, 6.07) is 50.0. The van der Waals surface area contributed by atoms with E-state index in [4.69, 9.17) is 9.97 Å². The van der Waals surface area contributed by atoms with Crippen LogP contribution in [-0.4, -0.2) is 14.5 Å². The zero-order chi connectivity index (χ0) is 38.6. The maximum absolute atomic E-state index is 5.21. The molecule has 276 valence electrons. The van der Waals surface area contributed by atoms with E-state index in [1.807, 2.05) is 24.3 Å². The maximum atomic E-state index is 5.21. The lowest BCUT2D eigenvalue weighted by Gasteiger charge is -2.28. The van der Waals surface area contributed by atoms with Crippen molar-refractivity contribution in [3.63, 3.8) is 0 Å². The topological polar surface area (TPSA) is 34.0 Å². The van der Waals surface area contributed by atoms with E-state index in [0.717, 1.165) is 69.9 Å². The van der Waals surface area contributed by atoms with E-state index in [-0.39, 0.29) is 0 Å². The number of para-hydroxylation sites is 4. The van der Waals surface area contributed by atoms with Crippen LogP contribution in [-0.2, 0) is 6.42 Å². The van der Waals surface area contributed by atoms with E-state index in [1.165, 1.54) is 38.6 Å². The lowest BCUT2D eigenvalue weighted by molar-refractivity contribution is 1.19. The molecule has 2 aromatic heterocycles. The van der Waals surface area contributed by atoms with Crippen LogP contribution in [0.25, 0.3) is 61.1 Å². The van der Waals surface area contributed by atoms with E-state index in [9.17, 15) is 0 Å². The number of aromatic nitrogens is 3. The minimum absolute atomic E-state index is 0.807. The van der Waals surface area contributed by atoms with Crippen LogP contribution in [0.1, 0.15) is 30.9 Å². The van der Waals surface area contributed by atoms with Crippen molar-refractivity contribution in [1.29, 1.82) is 0 Å². The highest BCUT2D eigenvalue weighted by Gasteiger charge is 2.20. The van der Waals surface area contributed by atoms with Crippen LogP contribution in [0.5, 0.6) is 0 Å². The van der Waals surface area contributed by atoms with Gasteiger partial charge in [0.15, 0.2) is 0 Å². The average Bonchev–Trinajstić information content (AvgIpc) is 3.36. The van der Waals surface area contributed by atoms with Gasteiger partial charge in [0.1, 0.15) is 0 Å². The predicted molar refractivity (Wildman–Crippen MR) is 242 cm³/mol. The number of hydrogen-bond donors (Lipinski definition) is 0. The average molecular weight is 737 g/mol. The molecular formula is C53H44N4. The molecule has 4 nitrogen and oxygen atoms in total. The number of benzene rings is 6. The molecule has 2 heterocycles. The minimum atomic E-state index is 0.807. The largest absolute Gasteiger partial charge is 0.310 e. The van der Waals surface area contributed by atoms with Crippen LogP contribution in [0.4, 0.5) is 17.1 Å². The molecule has 0 atom stereocenters. The Morgan fingerprint density at radius 2 is 1.28 bits per heavy atom. The molecule has 0 amide bonds. The Labute approximate surface area is 334 Å². The summed E-state index contributed by atoms with van der Waals surface area (Å²) in [5.41, 5.74) is 14.9. The van der Waals surface area contributed by atoms with Gasteiger partial charge in [0.2, 0.25) is 0 Å². The second-order valence-corrected chi connectivity index (χ2v) is 14.5. The third-order valence-electron chi connectivity index (χ3n) is 10.6. The van der Waals surface area contributed by atoms with E-state index in [0.29, 0.717) is 0 Å². The standard InChI is InChI=1S/C53H44N4/c1-3-4-5-6-9-18-39-19-12-16-25-49(39)56(44-35-36-51-46(37-44)45-22-13-17-26-50(45)57(51)42-20-10-7-8-11-21-42)43-33-31-41(32-34-43)53-52(40-29-27-38(2)28-30-40)54-47-23-14-15-24-48(47)55-53/h4-10,12-17,19-37H,3,11,18H2,1-2H3/b5-4-,9-6-. The molecule has 0 radical (unpaired) electrons. The number of allylic oxidation sites excluding steroid dienone is 10. The van der Waals surface area contributed by atoms with Gasteiger partial charge in [0, 0.05) is 44.7 Å². The van der Waals surface area contributed by atoms with Gasteiger partial charge in [0.25, 0.3) is 0 Å². The number of fused-ring (bicyclic) bond motifs is 4. The molecule has 0 aliphatic heterocycles. The second-order valence-electron chi connectivity index (χ2n) is 14.5. The molecule has 0 saturated heterocycles. The van der Waals surface area contributed by atoms with Crippen LogP contribution in [0.15, 0.2) is 194 Å². The molecule has 1 aliphatic carbocycles. The first-order valence-electron chi connectivity index (χ1n) is 19.9. The zero-order valence-corrected chi connectivity index (χ0v) is 32.4. The number of nitrogens with zero attached hydrogens (tertiary/aromatic N) is 4. The van der Waals surface area contributed by atoms with E-state index >= 15 is 0 Å². The van der Waals surface area contributed by atoms with Crippen molar-refractivity contribution in [2.75, 3.05) is 4.90 Å². The Morgan fingerprint density at radius 1 is 0.632 bits per heavy atom. The fraction of sp³-hybridized carbons (Fsp3) is 0.0943. The van der Waals surface area contributed by atoms with Crippen molar-refractivity contribution in [3.8, 4) is 22.5 Å². The van der Waals surface area contributed by atoms with E-state index in [2.05, 4.69) is 193 Å². The summed E-state index contributed by atoms with van der Waals surface area (Å²) in [6.07, 6.45) is 22.4. The fourth-order valence-corrected chi connectivity index (χ4v) is 7.81. The molecule has 0 spiro atoms. The third-order valence-corrected chi connectivity index (χ3v) is 10.6. The summed E-state index contributed by atoms with van der Waals surface area (Å²) in [5.74, 6) is 0. The van der Waals surface area contributed by atoms with Gasteiger partial charge in [-0.2, -0.15) is 0 Å². The summed E-state index contributed by atoms with van der Waals surface area (Å²) in [7, 11) is 0. The first kappa shape index (κ1) is 35.6. The summed E-state index contributed by atoms with van der Waals surface area (Å²) in [5, 5.41) is 2.45. The first-order chi connectivity index (χ1) is 28.2. The van der Waals surface area contributed by atoms with Crippen molar-refractivity contribution >= 4 is 55.6 Å². The lowest BCUT2D eigenvalue weighted by Crippen LogP contribution is -2.12. The van der Waals surface area contributed by atoms with Crippen LogP contribution in [0.3, 0.4) is 0 Å². The quantitative estimate of drug-likeness (QED) is 0.131. The highest BCUT2D eigenvalue weighted by molar-refractivity contribution is 6.12. The molecule has 6 aromatic carbocycles. The smallest absolute Gasteiger partial charge is 0.0973 e. The number of hydrogen-bond acceptors (Lipinski definition) is 3. The van der Waals surface area contributed by atoms with Gasteiger partial charge < -0.3 is 9.47 Å². The Bertz CT molecular complexity index is 2880. The molecule has 1 aliphatic rings. The van der Waals surface area contributed by atoms with Crippen molar-refractivity contribution in [2.45, 2.75) is 33.1 Å². The van der Waals surface area contributed by atoms with Gasteiger partial charge in [-0.25, -0.2) is 9.97 Å². The summed E-state index contributed by atoms with van der Waals surface area (Å²) in [4.78, 5) is 12.8. The third kappa shape index (κ3) is 7.14. The molecular weight excluding hydrogens is 693 g/mol. The molecule has 4 heteroatoms. The van der Waals surface area contributed by atoms with Gasteiger partial charge in [0.05, 0.1) is 33.5 Å². The predicted octanol–water partition coefficient (Wildman–Crippen LogP) is 14.3. The molecule has 57 heavy (non-hydrogen) atoms. The Morgan fingerprint density at radius 3 is 2.05 bits per heavy atom. The SMILES string of the molecule is CC/C=C\C=C/Cc1ccccc1N(c1ccc(-c2nc3ccccc3nc2-c2ccc(C)cc2)cc1)c1ccc2c(c1)c1ccccc1n2C1=CCC=CC=C1. The van der Waals surface area contributed by atoms with E-state index < -0.39 is 0 Å². The fourth-order valence-electron chi connectivity index (χ4n) is 7.81. The van der Waals surface area contributed by atoms with Gasteiger partial charge in [-0.3, -0.25) is 0 Å². The highest BCUT2D eigenvalue weighted by atomic mass is 15.1. The van der Waals surface area contributed by atoms with Crippen LogP contribution < -0.4 is 4.90 Å². The van der Waals surface area contributed by atoms with Gasteiger partial charge in [-0.15, -0.1) is 0 Å². The van der Waals surface area contributed by atoms with Crippen LogP contribution in [0, 0.1) is 6.92 Å². The molecule has 8 aromatic rings. The van der Waals surface area contributed by atoms with Crippen LogP contribution in [0.2, 0.25) is 0 Å². The van der Waals surface area contributed by atoms with Crippen molar-refractivity contribution in [1.82, 2.24) is 14.5 Å². The molecule has 9 rings (SSSR count).